The number of imidazole rings is 1. The van der Waals surface area contributed by atoms with Crippen molar-refractivity contribution in [3.05, 3.63) is 33.7 Å². The van der Waals surface area contributed by atoms with E-state index in [4.69, 9.17) is 10.2 Å². The van der Waals surface area contributed by atoms with Crippen molar-refractivity contribution in [2.75, 3.05) is 0 Å². The molecule has 1 heterocycles. The summed E-state index contributed by atoms with van der Waals surface area (Å²) in [6, 6.07) is 2.82. The van der Waals surface area contributed by atoms with Crippen molar-refractivity contribution < 1.29 is 20.4 Å². The van der Waals surface area contributed by atoms with Crippen LogP contribution in [0.4, 0.5) is 0 Å². The summed E-state index contributed by atoms with van der Waals surface area (Å²) in [4.78, 5) is 15.6. The van der Waals surface area contributed by atoms with Gasteiger partial charge in [0, 0.05) is 16.7 Å². The van der Waals surface area contributed by atoms with Gasteiger partial charge in [0.25, 0.3) is 0 Å². The van der Waals surface area contributed by atoms with Gasteiger partial charge in [0.15, 0.2) is 0 Å². The van der Waals surface area contributed by atoms with E-state index in [0.29, 0.717) is 5.56 Å². The van der Waals surface area contributed by atoms with Gasteiger partial charge >= 0.3 is 5.69 Å². The van der Waals surface area contributed by atoms with Crippen molar-refractivity contribution >= 4 is 0 Å². The summed E-state index contributed by atoms with van der Waals surface area (Å²) < 4.78 is 0. The summed E-state index contributed by atoms with van der Waals surface area (Å²) in [6.07, 6.45) is 0. The minimum atomic E-state index is -0.577. The number of rotatable bonds is 3. The first-order valence-electron chi connectivity index (χ1n) is 5.15. The minimum Gasteiger partial charge on any atom is -0.507 e. The number of aliphatic hydroxyl groups excluding tert-OH is 2. The maximum atomic E-state index is 11.0. The van der Waals surface area contributed by atoms with Crippen molar-refractivity contribution in [3.8, 4) is 22.9 Å². The van der Waals surface area contributed by atoms with Crippen LogP contribution >= 0.6 is 0 Å². The first-order chi connectivity index (χ1) is 8.56. The standard InChI is InChI=1S/C11H12N2O5/c14-3-6-1-5(2-7(4-15)9(6)16)8-10(17)13-11(18)12-8/h1-2,14-17H,3-4H2,(H2,12,13,18). The third-order valence-electron chi connectivity index (χ3n) is 2.60. The van der Waals surface area contributed by atoms with Gasteiger partial charge in [-0.1, -0.05) is 0 Å². The van der Waals surface area contributed by atoms with Gasteiger partial charge in [-0.15, -0.1) is 0 Å². The highest BCUT2D eigenvalue weighted by Crippen LogP contribution is 2.31. The fourth-order valence-electron chi connectivity index (χ4n) is 1.73. The summed E-state index contributed by atoms with van der Waals surface area (Å²) in [5.74, 6) is -0.556. The molecule has 6 N–H and O–H groups in total. The van der Waals surface area contributed by atoms with Crippen molar-refractivity contribution in [2.45, 2.75) is 13.2 Å². The SMILES string of the molecule is O=c1[nH]c(O)c(-c2cc(CO)c(O)c(CO)c2)[nH]1. The van der Waals surface area contributed by atoms with Gasteiger partial charge in [-0.3, -0.25) is 4.98 Å². The zero-order chi connectivity index (χ0) is 13.3. The molecule has 1 aromatic heterocycles. The van der Waals surface area contributed by atoms with Crippen molar-refractivity contribution in [1.29, 1.82) is 0 Å². The van der Waals surface area contributed by atoms with Gasteiger partial charge in [0.05, 0.1) is 13.2 Å². The first kappa shape index (κ1) is 12.2. The normalized spacial score (nSPS) is 10.8. The van der Waals surface area contributed by atoms with Crippen LogP contribution in [0.25, 0.3) is 11.3 Å². The Bertz CT molecular complexity index is 604. The quantitative estimate of drug-likeness (QED) is 0.449. The van der Waals surface area contributed by atoms with Crippen LogP contribution in [0, 0.1) is 0 Å². The molecule has 2 rings (SSSR count). The summed E-state index contributed by atoms with van der Waals surface area (Å²) in [7, 11) is 0. The van der Waals surface area contributed by atoms with E-state index in [1.54, 1.807) is 0 Å². The Morgan fingerprint density at radius 2 is 1.56 bits per heavy atom. The molecular weight excluding hydrogens is 240 g/mol. The number of aromatic nitrogens is 2. The Kier molecular flexibility index (Phi) is 3.09. The van der Waals surface area contributed by atoms with E-state index in [1.165, 1.54) is 12.1 Å². The maximum absolute atomic E-state index is 11.0. The van der Waals surface area contributed by atoms with E-state index in [1.807, 2.05) is 0 Å². The molecule has 18 heavy (non-hydrogen) atoms. The number of hydrogen-bond donors (Lipinski definition) is 6. The smallest absolute Gasteiger partial charge is 0.326 e. The lowest BCUT2D eigenvalue weighted by Gasteiger charge is -2.09. The third kappa shape index (κ3) is 1.96. The van der Waals surface area contributed by atoms with E-state index >= 15 is 0 Å². The van der Waals surface area contributed by atoms with Crippen LogP contribution in [0.5, 0.6) is 11.6 Å². The topological polar surface area (TPSA) is 130 Å². The molecule has 0 amide bonds. The molecule has 0 fully saturated rings. The molecule has 7 nitrogen and oxygen atoms in total. The van der Waals surface area contributed by atoms with E-state index in [9.17, 15) is 15.0 Å². The predicted octanol–water partition coefficient (Wildman–Crippen LogP) is -0.234. The van der Waals surface area contributed by atoms with Crippen LogP contribution in [-0.4, -0.2) is 30.4 Å². The zero-order valence-electron chi connectivity index (χ0n) is 9.27. The van der Waals surface area contributed by atoms with E-state index in [0.717, 1.165) is 0 Å². The van der Waals surface area contributed by atoms with Crippen LogP contribution < -0.4 is 5.69 Å². The molecule has 0 unspecified atom stereocenters. The van der Waals surface area contributed by atoms with Gasteiger partial charge < -0.3 is 25.4 Å². The molecule has 96 valence electrons. The molecule has 0 spiro atoms. The highest BCUT2D eigenvalue weighted by atomic mass is 16.3. The van der Waals surface area contributed by atoms with Crippen LogP contribution in [0.15, 0.2) is 16.9 Å². The second kappa shape index (κ2) is 4.55. The Balaban J connectivity index is 2.65. The second-order valence-corrected chi connectivity index (χ2v) is 3.76. The highest BCUT2D eigenvalue weighted by Gasteiger charge is 2.14. The number of phenols is 1. The first-order valence-corrected chi connectivity index (χ1v) is 5.15. The molecule has 0 saturated heterocycles. The molecule has 1 aromatic carbocycles. The maximum Gasteiger partial charge on any atom is 0.326 e. The number of aromatic hydroxyl groups is 2. The lowest BCUT2D eigenvalue weighted by atomic mass is 10.0. The number of aromatic amines is 2. The number of aliphatic hydroxyl groups is 2. The fraction of sp³-hybridized carbons (Fsp3) is 0.182. The lowest BCUT2D eigenvalue weighted by molar-refractivity contribution is 0.264. The van der Waals surface area contributed by atoms with Gasteiger partial charge in [0.2, 0.25) is 5.88 Å². The average molecular weight is 252 g/mol. The lowest BCUT2D eigenvalue weighted by Crippen LogP contribution is -2.00. The average Bonchev–Trinajstić information content (AvgIpc) is 2.69. The van der Waals surface area contributed by atoms with E-state index < -0.39 is 18.9 Å². The van der Waals surface area contributed by atoms with Gasteiger partial charge in [0.1, 0.15) is 11.4 Å². The molecule has 0 saturated carbocycles. The molecule has 7 heteroatoms. The van der Waals surface area contributed by atoms with E-state index in [2.05, 4.69) is 9.97 Å². The minimum absolute atomic E-state index is 0.129. The summed E-state index contributed by atoms with van der Waals surface area (Å²) in [6.45, 7) is -0.857. The molecule has 0 aliphatic rings. The molecule has 0 aliphatic heterocycles. The number of H-pyrrole nitrogens is 2. The van der Waals surface area contributed by atoms with Crippen LogP contribution in [-0.2, 0) is 13.2 Å². The summed E-state index contributed by atoms with van der Waals surface area (Å²) in [5, 5.41) is 37.4. The second-order valence-electron chi connectivity index (χ2n) is 3.76. The van der Waals surface area contributed by atoms with Crippen LogP contribution in [0.3, 0.4) is 0 Å². The Hall–Kier alpha value is -2.25. The summed E-state index contributed by atoms with van der Waals surface area (Å²) in [5.41, 5.74) is 0.309. The van der Waals surface area contributed by atoms with Crippen molar-refractivity contribution in [2.24, 2.45) is 0 Å². The predicted molar refractivity (Wildman–Crippen MR) is 62.0 cm³/mol. The van der Waals surface area contributed by atoms with Crippen molar-refractivity contribution in [3.63, 3.8) is 0 Å². The molecular formula is C11H12N2O5. The fourth-order valence-corrected chi connectivity index (χ4v) is 1.73. The Morgan fingerprint density at radius 3 is 1.94 bits per heavy atom. The molecule has 0 aliphatic carbocycles. The number of hydrogen-bond acceptors (Lipinski definition) is 5. The van der Waals surface area contributed by atoms with Gasteiger partial charge in [-0.2, -0.15) is 0 Å². The third-order valence-corrected chi connectivity index (χ3v) is 2.60. The highest BCUT2D eigenvalue weighted by molar-refractivity contribution is 5.67. The molecule has 0 atom stereocenters. The summed E-state index contributed by atoms with van der Waals surface area (Å²) >= 11 is 0. The number of benzene rings is 1. The largest absolute Gasteiger partial charge is 0.507 e. The van der Waals surface area contributed by atoms with Crippen LogP contribution in [0.1, 0.15) is 11.1 Å². The van der Waals surface area contributed by atoms with Gasteiger partial charge in [-0.05, 0) is 12.1 Å². The molecule has 2 aromatic rings. The van der Waals surface area contributed by atoms with Crippen molar-refractivity contribution in [1.82, 2.24) is 9.97 Å². The monoisotopic (exact) mass is 252 g/mol. The molecule has 0 bridgehead atoms. The van der Waals surface area contributed by atoms with Gasteiger partial charge in [-0.25, -0.2) is 4.79 Å². The number of nitrogens with one attached hydrogen (secondary N) is 2. The Morgan fingerprint density at radius 1 is 1.00 bits per heavy atom. The van der Waals surface area contributed by atoms with E-state index in [-0.39, 0.29) is 28.5 Å². The van der Waals surface area contributed by atoms with Crippen LogP contribution in [0.2, 0.25) is 0 Å². The molecule has 0 radical (unpaired) electrons. The zero-order valence-corrected chi connectivity index (χ0v) is 9.27. The Labute approximate surface area is 101 Å².